The van der Waals surface area contributed by atoms with Gasteiger partial charge in [-0.15, -0.1) is 0 Å². The van der Waals surface area contributed by atoms with Crippen LogP contribution < -0.4 is 0 Å². The lowest BCUT2D eigenvalue weighted by Gasteiger charge is -2.14. The van der Waals surface area contributed by atoms with Crippen molar-refractivity contribution < 1.29 is 4.79 Å². The first-order chi connectivity index (χ1) is 7.33. The van der Waals surface area contributed by atoms with Gasteiger partial charge in [0.1, 0.15) is 5.69 Å². The fourth-order valence-corrected chi connectivity index (χ4v) is 1.53. The van der Waals surface area contributed by atoms with Gasteiger partial charge in [-0.05, 0) is 24.6 Å². The molecule has 4 heteroatoms. The highest BCUT2D eigenvalue weighted by molar-refractivity contribution is 5.71. The van der Waals surface area contributed by atoms with Crippen LogP contribution in [0.4, 0.5) is 0 Å². The molecule has 0 bridgehead atoms. The summed E-state index contributed by atoms with van der Waals surface area (Å²) in [6.07, 6.45) is 7.51. The van der Waals surface area contributed by atoms with E-state index >= 15 is 0 Å². The summed E-state index contributed by atoms with van der Waals surface area (Å²) in [5.41, 5.74) is 1.69. The fraction of sp³-hybridized carbons (Fsp3) is 0.182. The third-order valence-corrected chi connectivity index (χ3v) is 2.42. The van der Waals surface area contributed by atoms with Gasteiger partial charge in [0.2, 0.25) is 0 Å². The highest BCUT2D eigenvalue weighted by Gasteiger charge is 2.10. The van der Waals surface area contributed by atoms with Gasteiger partial charge in [-0.2, -0.15) is 0 Å². The normalized spacial score (nSPS) is 12.3. The molecular weight excluding hydrogens is 190 g/mol. The Morgan fingerprint density at radius 3 is 2.73 bits per heavy atom. The molecule has 0 aliphatic carbocycles. The van der Waals surface area contributed by atoms with Crippen molar-refractivity contribution in [3.63, 3.8) is 0 Å². The maximum Gasteiger partial charge on any atom is 0.168 e. The number of nitrogens with zero attached hydrogens (tertiary/aromatic N) is 3. The number of carbonyl (C=O) groups is 1. The summed E-state index contributed by atoms with van der Waals surface area (Å²) in [5.74, 6) is 0. The summed E-state index contributed by atoms with van der Waals surface area (Å²) < 4.78 is 1.84. The van der Waals surface area contributed by atoms with Crippen LogP contribution in [0, 0.1) is 0 Å². The second-order valence-electron chi connectivity index (χ2n) is 3.30. The largest absolute Gasteiger partial charge is 0.321 e. The molecule has 0 spiro atoms. The van der Waals surface area contributed by atoms with Crippen LogP contribution in [0.5, 0.6) is 0 Å². The molecule has 2 aromatic rings. The van der Waals surface area contributed by atoms with Crippen molar-refractivity contribution in [1.29, 1.82) is 0 Å². The number of pyridine rings is 1. The lowest BCUT2D eigenvalue weighted by Crippen LogP contribution is -2.08. The summed E-state index contributed by atoms with van der Waals surface area (Å²) in [4.78, 5) is 18.7. The summed E-state index contributed by atoms with van der Waals surface area (Å²) in [7, 11) is 0. The van der Waals surface area contributed by atoms with Crippen molar-refractivity contribution in [2.45, 2.75) is 13.0 Å². The van der Waals surface area contributed by atoms with Gasteiger partial charge in [-0.3, -0.25) is 9.78 Å². The van der Waals surface area contributed by atoms with E-state index in [9.17, 15) is 4.79 Å². The summed E-state index contributed by atoms with van der Waals surface area (Å²) in [6.45, 7) is 2.02. The minimum Gasteiger partial charge on any atom is -0.321 e. The number of rotatable bonds is 3. The highest BCUT2D eigenvalue weighted by Crippen LogP contribution is 2.17. The van der Waals surface area contributed by atoms with E-state index in [1.807, 2.05) is 23.6 Å². The first kappa shape index (κ1) is 9.58. The smallest absolute Gasteiger partial charge is 0.168 e. The van der Waals surface area contributed by atoms with Crippen LogP contribution in [-0.4, -0.2) is 20.8 Å². The van der Waals surface area contributed by atoms with Gasteiger partial charge in [0.25, 0.3) is 0 Å². The molecule has 15 heavy (non-hydrogen) atoms. The highest BCUT2D eigenvalue weighted by atomic mass is 16.1. The van der Waals surface area contributed by atoms with Gasteiger partial charge in [0, 0.05) is 12.4 Å². The molecule has 1 atom stereocenters. The van der Waals surface area contributed by atoms with Crippen molar-refractivity contribution >= 4 is 6.29 Å². The number of aldehydes is 1. The molecule has 0 N–H and O–H groups in total. The summed E-state index contributed by atoms with van der Waals surface area (Å²) >= 11 is 0. The molecule has 1 unspecified atom stereocenters. The lowest BCUT2D eigenvalue weighted by atomic mass is 10.1. The molecule has 0 aliphatic rings. The van der Waals surface area contributed by atoms with Crippen molar-refractivity contribution in [3.8, 4) is 0 Å². The van der Waals surface area contributed by atoms with E-state index in [4.69, 9.17) is 0 Å². The average Bonchev–Trinajstić information content (AvgIpc) is 2.77. The van der Waals surface area contributed by atoms with Gasteiger partial charge in [0.15, 0.2) is 6.29 Å². The van der Waals surface area contributed by atoms with E-state index in [0.29, 0.717) is 5.69 Å². The molecule has 76 valence electrons. The zero-order valence-electron chi connectivity index (χ0n) is 8.37. The molecular formula is C11H11N3O. The number of hydrogen-bond acceptors (Lipinski definition) is 3. The summed E-state index contributed by atoms with van der Waals surface area (Å²) in [6, 6.07) is 3.95. The standard InChI is InChI=1S/C11H11N3O/c1-9(10-2-4-12-5-3-10)14-8-13-6-11(14)7-15/h2-9H,1H3. The minimum atomic E-state index is 0.0932. The molecule has 2 aromatic heterocycles. The average molecular weight is 201 g/mol. The quantitative estimate of drug-likeness (QED) is 0.710. The number of aromatic nitrogens is 3. The first-order valence-electron chi connectivity index (χ1n) is 4.70. The van der Waals surface area contributed by atoms with Crippen LogP contribution in [0.2, 0.25) is 0 Å². The topological polar surface area (TPSA) is 47.8 Å². The van der Waals surface area contributed by atoms with Crippen LogP contribution in [0.25, 0.3) is 0 Å². The maximum absolute atomic E-state index is 10.8. The Morgan fingerprint density at radius 2 is 2.07 bits per heavy atom. The molecule has 2 heterocycles. The zero-order chi connectivity index (χ0) is 10.7. The van der Waals surface area contributed by atoms with Gasteiger partial charge in [-0.1, -0.05) is 0 Å². The van der Waals surface area contributed by atoms with Crippen LogP contribution in [0.3, 0.4) is 0 Å². The lowest BCUT2D eigenvalue weighted by molar-refractivity contribution is 0.111. The van der Waals surface area contributed by atoms with Crippen molar-refractivity contribution in [2.24, 2.45) is 0 Å². The third kappa shape index (κ3) is 1.79. The molecule has 0 saturated heterocycles. The van der Waals surface area contributed by atoms with Crippen LogP contribution in [-0.2, 0) is 0 Å². The van der Waals surface area contributed by atoms with Crippen molar-refractivity contribution in [2.75, 3.05) is 0 Å². The zero-order valence-corrected chi connectivity index (χ0v) is 8.37. The molecule has 0 fully saturated rings. The Labute approximate surface area is 87.6 Å². The van der Waals surface area contributed by atoms with E-state index < -0.39 is 0 Å². The molecule has 0 radical (unpaired) electrons. The first-order valence-corrected chi connectivity index (χ1v) is 4.70. The Hall–Kier alpha value is -1.97. The monoisotopic (exact) mass is 201 g/mol. The SMILES string of the molecule is CC(c1ccncc1)n1cncc1C=O. The van der Waals surface area contributed by atoms with Crippen molar-refractivity contribution in [1.82, 2.24) is 14.5 Å². The number of imidazole rings is 1. The Morgan fingerprint density at radius 1 is 1.33 bits per heavy atom. The fourth-order valence-electron chi connectivity index (χ4n) is 1.53. The number of carbonyl (C=O) groups excluding carboxylic acids is 1. The van der Waals surface area contributed by atoms with Crippen LogP contribution in [0.1, 0.15) is 29.0 Å². The molecule has 0 saturated carbocycles. The molecule has 2 rings (SSSR count). The van der Waals surface area contributed by atoms with Crippen LogP contribution in [0.15, 0.2) is 37.1 Å². The van der Waals surface area contributed by atoms with E-state index in [1.165, 1.54) is 0 Å². The summed E-state index contributed by atoms with van der Waals surface area (Å²) in [5, 5.41) is 0. The second-order valence-corrected chi connectivity index (χ2v) is 3.30. The van der Waals surface area contributed by atoms with Crippen molar-refractivity contribution in [3.05, 3.63) is 48.3 Å². The predicted octanol–water partition coefficient (Wildman–Crippen LogP) is 1.70. The van der Waals surface area contributed by atoms with Gasteiger partial charge < -0.3 is 4.57 Å². The minimum absolute atomic E-state index is 0.0932. The second kappa shape index (κ2) is 4.04. The molecule has 0 amide bonds. The maximum atomic E-state index is 10.8. The van der Waals surface area contributed by atoms with E-state index in [0.717, 1.165) is 11.8 Å². The Bertz CT molecular complexity index is 450. The van der Waals surface area contributed by atoms with E-state index in [-0.39, 0.29) is 6.04 Å². The van der Waals surface area contributed by atoms with Gasteiger partial charge in [0.05, 0.1) is 18.6 Å². The number of hydrogen-bond donors (Lipinski definition) is 0. The molecule has 4 nitrogen and oxygen atoms in total. The van der Waals surface area contributed by atoms with Gasteiger partial charge in [-0.25, -0.2) is 4.98 Å². The molecule has 0 aromatic carbocycles. The van der Waals surface area contributed by atoms with Crippen LogP contribution >= 0.6 is 0 Å². The van der Waals surface area contributed by atoms with E-state index in [1.54, 1.807) is 24.9 Å². The van der Waals surface area contributed by atoms with Gasteiger partial charge >= 0.3 is 0 Å². The molecule has 0 aliphatic heterocycles. The van der Waals surface area contributed by atoms with E-state index in [2.05, 4.69) is 9.97 Å². The predicted molar refractivity (Wildman–Crippen MR) is 55.7 cm³/mol. The third-order valence-electron chi connectivity index (χ3n) is 2.42. The Kier molecular flexibility index (Phi) is 2.58. The Balaban J connectivity index is 2.36.